The fraction of sp³-hybridized carbons (Fsp3) is 0.714. The Kier molecular flexibility index (Phi) is 10.0. The Labute approximate surface area is 109 Å². The molecule has 104 valence electrons. The molecule has 0 rings (SSSR count). The third-order valence-corrected chi connectivity index (χ3v) is 2.83. The third-order valence-electron chi connectivity index (χ3n) is 2.83. The van der Waals surface area contributed by atoms with Crippen LogP contribution in [-0.4, -0.2) is 22.2 Å². The fourth-order valence-electron chi connectivity index (χ4n) is 1.74. The van der Waals surface area contributed by atoms with Crippen LogP contribution < -0.4 is 0 Å². The van der Waals surface area contributed by atoms with Crippen molar-refractivity contribution in [2.45, 2.75) is 64.7 Å². The van der Waals surface area contributed by atoms with Gasteiger partial charge in [-0.2, -0.15) is 0 Å². The lowest BCUT2D eigenvalue weighted by molar-refractivity contribution is -0.137. The van der Waals surface area contributed by atoms with Crippen molar-refractivity contribution in [3.05, 3.63) is 11.6 Å². The van der Waals surface area contributed by atoms with Gasteiger partial charge in [0.05, 0.1) is 0 Å². The number of hydrogen-bond acceptors (Lipinski definition) is 2. The summed E-state index contributed by atoms with van der Waals surface area (Å²) >= 11 is 0. The summed E-state index contributed by atoms with van der Waals surface area (Å²) in [4.78, 5) is 21.2. The lowest BCUT2D eigenvalue weighted by Gasteiger charge is -2.01. The Hall–Kier alpha value is -1.32. The Morgan fingerprint density at radius 3 is 2.11 bits per heavy atom. The first-order chi connectivity index (χ1) is 8.57. The molecule has 0 aromatic rings. The first kappa shape index (κ1) is 16.7. The maximum Gasteiger partial charge on any atom is 0.331 e. The molecular formula is C14H24O4. The van der Waals surface area contributed by atoms with E-state index in [4.69, 9.17) is 10.2 Å². The molecule has 0 fully saturated rings. The Bertz CT molecular complexity index is 282. The van der Waals surface area contributed by atoms with Crippen LogP contribution in [0.4, 0.5) is 0 Å². The Morgan fingerprint density at radius 1 is 0.944 bits per heavy atom. The normalized spacial score (nSPS) is 11.5. The zero-order valence-corrected chi connectivity index (χ0v) is 11.2. The van der Waals surface area contributed by atoms with Gasteiger partial charge >= 0.3 is 11.9 Å². The maximum absolute atomic E-state index is 10.9. The van der Waals surface area contributed by atoms with Gasteiger partial charge in [-0.05, 0) is 19.3 Å². The monoisotopic (exact) mass is 256 g/mol. The number of aliphatic carboxylic acids is 2. The van der Waals surface area contributed by atoms with E-state index in [1.807, 2.05) is 0 Å². The fourth-order valence-corrected chi connectivity index (χ4v) is 1.74. The number of rotatable bonds is 11. The highest BCUT2D eigenvalue weighted by Crippen LogP contribution is 2.11. The average molecular weight is 256 g/mol. The smallest absolute Gasteiger partial charge is 0.331 e. The van der Waals surface area contributed by atoms with Crippen LogP contribution in [0.15, 0.2) is 11.6 Å². The molecule has 0 heterocycles. The van der Waals surface area contributed by atoms with Gasteiger partial charge in [0, 0.05) is 12.0 Å². The number of hydrogen-bond donors (Lipinski definition) is 2. The third kappa shape index (κ3) is 9.87. The predicted octanol–water partition coefficient (Wildman–Crippen LogP) is 3.61. The van der Waals surface area contributed by atoms with Gasteiger partial charge < -0.3 is 10.2 Å². The zero-order valence-electron chi connectivity index (χ0n) is 11.2. The van der Waals surface area contributed by atoms with Crippen molar-refractivity contribution in [3.63, 3.8) is 0 Å². The molecule has 0 aliphatic rings. The number of carboxylic acids is 2. The Morgan fingerprint density at radius 2 is 1.56 bits per heavy atom. The van der Waals surface area contributed by atoms with Gasteiger partial charge in [0.1, 0.15) is 0 Å². The van der Waals surface area contributed by atoms with E-state index in [2.05, 4.69) is 6.92 Å². The van der Waals surface area contributed by atoms with Crippen LogP contribution in [0.25, 0.3) is 0 Å². The van der Waals surface area contributed by atoms with Crippen molar-refractivity contribution in [2.24, 2.45) is 0 Å². The van der Waals surface area contributed by atoms with E-state index in [9.17, 15) is 9.59 Å². The lowest BCUT2D eigenvalue weighted by atomic mass is 10.1. The molecule has 0 atom stereocenters. The van der Waals surface area contributed by atoms with Crippen molar-refractivity contribution < 1.29 is 19.8 Å². The minimum Gasteiger partial charge on any atom is -0.481 e. The van der Waals surface area contributed by atoms with Gasteiger partial charge in [-0.25, -0.2) is 4.79 Å². The summed E-state index contributed by atoms with van der Waals surface area (Å²) in [5.41, 5.74) is 0.228. The largest absolute Gasteiger partial charge is 0.481 e. The van der Waals surface area contributed by atoms with Crippen LogP contribution in [-0.2, 0) is 9.59 Å². The maximum atomic E-state index is 10.9. The van der Waals surface area contributed by atoms with E-state index < -0.39 is 11.9 Å². The topological polar surface area (TPSA) is 74.6 Å². The highest BCUT2D eigenvalue weighted by atomic mass is 16.4. The van der Waals surface area contributed by atoms with Crippen LogP contribution in [0.3, 0.4) is 0 Å². The first-order valence-corrected chi connectivity index (χ1v) is 6.72. The number of carbonyl (C=O) groups is 2. The summed E-state index contributed by atoms with van der Waals surface area (Å²) in [6, 6.07) is 0. The summed E-state index contributed by atoms with van der Waals surface area (Å²) in [6.07, 6.45) is 9.40. The van der Waals surface area contributed by atoms with Gasteiger partial charge in [-0.1, -0.05) is 45.1 Å². The SMILES string of the molecule is CCCCCCCCC=C(CCC(=O)O)C(=O)O. The molecule has 0 saturated carbocycles. The molecule has 0 spiro atoms. The number of allylic oxidation sites excluding steroid dienone is 1. The molecule has 4 heteroatoms. The predicted molar refractivity (Wildman–Crippen MR) is 70.6 cm³/mol. The van der Waals surface area contributed by atoms with E-state index >= 15 is 0 Å². The minimum absolute atomic E-state index is 0.112. The van der Waals surface area contributed by atoms with Crippen molar-refractivity contribution in [1.29, 1.82) is 0 Å². The molecule has 0 aromatic heterocycles. The standard InChI is InChI=1S/C14H24O4/c1-2-3-4-5-6-7-8-9-12(14(17)18)10-11-13(15)16/h9H,2-8,10-11H2,1H3,(H,15,16)(H,17,18). The summed E-state index contributed by atoms with van der Waals surface area (Å²) in [5.74, 6) is -1.95. The van der Waals surface area contributed by atoms with E-state index in [1.165, 1.54) is 25.7 Å². The second kappa shape index (κ2) is 10.8. The van der Waals surface area contributed by atoms with Crippen LogP contribution in [0.5, 0.6) is 0 Å². The van der Waals surface area contributed by atoms with E-state index in [0.29, 0.717) is 0 Å². The van der Waals surface area contributed by atoms with Crippen molar-refractivity contribution in [2.75, 3.05) is 0 Å². The second-order valence-corrected chi connectivity index (χ2v) is 4.48. The second-order valence-electron chi connectivity index (χ2n) is 4.48. The molecule has 0 aliphatic heterocycles. The average Bonchev–Trinajstić information content (AvgIpc) is 2.31. The summed E-state index contributed by atoms with van der Waals surface area (Å²) in [7, 11) is 0. The molecule has 0 amide bonds. The van der Waals surface area contributed by atoms with Gasteiger partial charge in [-0.15, -0.1) is 0 Å². The molecular weight excluding hydrogens is 232 g/mol. The molecule has 18 heavy (non-hydrogen) atoms. The molecule has 4 nitrogen and oxygen atoms in total. The van der Waals surface area contributed by atoms with Crippen LogP contribution in [0.1, 0.15) is 64.7 Å². The van der Waals surface area contributed by atoms with Crippen LogP contribution >= 0.6 is 0 Å². The molecule has 0 aliphatic carbocycles. The van der Waals surface area contributed by atoms with Gasteiger partial charge in [0.15, 0.2) is 0 Å². The van der Waals surface area contributed by atoms with Crippen molar-refractivity contribution >= 4 is 11.9 Å². The van der Waals surface area contributed by atoms with Gasteiger partial charge in [0.25, 0.3) is 0 Å². The number of unbranched alkanes of at least 4 members (excludes halogenated alkanes) is 6. The minimum atomic E-state index is -0.998. The summed E-state index contributed by atoms with van der Waals surface area (Å²) in [6.45, 7) is 2.17. The Balaban J connectivity index is 3.80. The van der Waals surface area contributed by atoms with Crippen molar-refractivity contribution in [3.8, 4) is 0 Å². The van der Waals surface area contributed by atoms with E-state index in [-0.39, 0.29) is 18.4 Å². The van der Waals surface area contributed by atoms with Crippen molar-refractivity contribution in [1.82, 2.24) is 0 Å². The molecule has 0 bridgehead atoms. The molecule has 0 radical (unpaired) electrons. The first-order valence-electron chi connectivity index (χ1n) is 6.72. The summed E-state index contributed by atoms with van der Waals surface area (Å²) < 4.78 is 0. The van der Waals surface area contributed by atoms with Gasteiger partial charge in [-0.3, -0.25) is 4.79 Å². The van der Waals surface area contributed by atoms with Crippen LogP contribution in [0.2, 0.25) is 0 Å². The zero-order chi connectivity index (χ0) is 13.8. The van der Waals surface area contributed by atoms with Crippen LogP contribution in [0, 0.1) is 0 Å². The lowest BCUT2D eigenvalue weighted by Crippen LogP contribution is -2.04. The highest BCUT2D eigenvalue weighted by molar-refractivity contribution is 5.87. The van der Waals surface area contributed by atoms with Gasteiger partial charge in [0.2, 0.25) is 0 Å². The molecule has 0 saturated heterocycles. The summed E-state index contributed by atoms with van der Waals surface area (Å²) in [5, 5.41) is 17.4. The highest BCUT2D eigenvalue weighted by Gasteiger charge is 2.08. The molecule has 0 unspecified atom stereocenters. The molecule has 2 N–H and O–H groups in total. The quantitative estimate of drug-likeness (QED) is 0.437. The van der Waals surface area contributed by atoms with E-state index in [1.54, 1.807) is 6.08 Å². The van der Waals surface area contributed by atoms with E-state index in [0.717, 1.165) is 19.3 Å². The number of carboxylic acid groups (broad SMARTS) is 2. The molecule has 0 aromatic carbocycles.